The van der Waals surface area contributed by atoms with Gasteiger partial charge in [-0.1, -0.05) is 18.2 Å². The topological polar surface area (TPSA) is 78.4 Å². The predicted octanol–water partition coefficient (Wildman–Crippen LogP) is 3.45. The number of rotatable bonds is 4. The number of aryl methyl sites for hydroxylation is 3. The Balaban J connectivity index is 1.81. The van der Waals surface area contributed by atoms with Crippen LogP contribution < -0.4 is 10.2 Å². The summed E-state index contributed by atoms with van der Waals surface area (Å²) in [5.41, 5.74) is 4.21. The van der Waals surface area contributed by atoms with Crippen LogP contribution in [0.3, 0.4) is 0 Å². The van der Waals surface area contributed by atoms with Crippen molar-refractivity contribution in [2.24, 2.45) is 5.92 Å². The number of carboxylic acid groups (broad SMARTS) is 1. The largest absolute Gasteiger partial charge is 0.481 e. The summed E-state index contributed by atoms with van der Waals surface area (Å²) in [4.78, 5) is 22.4. The highest BCUT2D eigenvalue weighted by Crippen LogP contribution is 2.26. The van der Waals surface area contributed by atoms with Crippen LogP contribution in [-0.4, -0.2) is 34.1 Å². The summed E-state index contributed by atoms with van der Waals surface area (Å²) in [5, 5.41) is 12.5. The highest BCUT2D eigenvalue weighted by atomic mass is 16.4. The van der Waals surface area contributed by atoms with Crippen molar-refractivity contribution in [3.8, 4) is 0 Å². The molecular weight excluding hydrogens is 316 g/mol. The highest BCUT2D eigenvalue weighted by molar-refractivity contribution is 5.70. The minimum absolute atomic E-state index is 0.244. The maximum Gasteiger partial charge on any atom is 0.306 e. The third-order valence-corrected chi connectivity index (χ3v) is 4.73. The number of benzene rings is 1. The average Bonchev–Trinajstić information content (AvgIpc) is 2.58. The molecule has 132 valence electrons. The maximum atomic E-state index is 11.1. The molecule has 0 saturated carbocycles. The van der Waals surface area contributed by atoms with Crippen molar-refractivity contribution in [1.29, 1.82) is 0 Å². The molecule has 6 nitrogen and oxygen atoms in total. The van der Waals surface area contributed by atoms with E-state index >= 15 is 0 Å². The lowest BCUT2D eigenvalue weighted by Gasteiger charge is -2.31. The summed E-state index contributed by atoms with van der Waals surface area (Å²) < 4.78 is 0. The summed E-state index contributed by atoms with van der Waals surface area (Å²) in [6.45, 7) is 7.48. The third kappa shape index (κ3) is 3.90. The molecule has 2 heterocycles. The van der Waals surface area contributed by atoms with Crippen LogP contribution in [-0.2, 0) is 4.79 Å². The Labute approximate surface area is 147 Å². The number of carbonyl (C=O) groups is 1. The molecule has 1 aromatic carbocycles. The highest BCUT2D eigenvalue weighted by Gasteiger charge is 2.25. The van der Waals surface area contributed by atoms with Gasteiger partial charge in [-0.3, -0.25) is 4.79 Å². The molecule has 0 atom stereocenters. The molecule has 2 aromatic rings. The van der Waals surface area contributed by atoms with Crippen molar-refractivity contribution in [2.75, 3.05) is 23.3 Å². The second-order valence-corrected chi connectivity index (χ2v) is 6.68. The molecular formula is C19H24N4O2. The number of nitrogens with one attached hydrogen (secondary N) is 1. The van der Waals surface area contributed by atoms with Crippen LogP contribution in [0, 0.1) is 26.7 Å². The van der Waals surface area contributed by atoms with Gasteiger partial charge in [0.05, 0.1) is 5.92 Å². The number of piperidine rings is 1. The van der Waals surface area contributed by atoms with E-state index < -0.39 is 5.97 Å². The van der Waals surface area contributed by atoms with Crippen molar-refractivity contribution >= 4 is 23.4 Å². The molecule has 1 aliphatic rings. The van der Waals surface area contributed by atoms with Gasteiger partial charge in [0.1, 0.15) is 5.82 Å². The molecule has 1 saturated heterocycles. The summed E-state index contributed by atoms with van der Waals surface area (Å²) in [7, 11) is 0. The Bertz CT molecular complexity index is 763. The Morgan fingerprint density at radius 2 is 1.80 bits per heavy atom. The van der Waals surface area contributed by atoms with Gasteiger partial charge in [0.15, 0.2) is 0 Å². The SMILES string of the molecule is Cc1cc(N2CCC(C(=O)O)CC2)nc(Nc2c(C)cccc2C)n1. The molecule has 3 rings (SSSR count). The number of para-hydroxylation sites is 1. The fraction of sp³-hybridized carbons (Fsp3) is 0.421. The second-order valence-electron chi connectivity index (χ2n) is 6.68. The van der Waals surface area contributed by atoms with E-state index in [0.717, 1.165) is 28.3 Å². The number of hydrogen-bond acceptors (Lipinski definition) is 5. The summed E-state index contributed by atoms with van der Waals surface area (Å²) in [6, 6.07) is 8.10. The van der Waals surface area contributed by atoms with Gasteiger partial charge in [-0.25, -0.2) is 4.98 Å². The number of aromatic nitrogens is 2. The molecule has 0 radical (unpaired) electrons. The number of anilines is 3. The molecule has 1 aliphatic heterocycles. The van der Waals surface area contributed by atoms with Crippen molar-refractivity contribution < 1.29 is 9.90 Å². The zero-order valence-corrected chi connectivity index (χ0v) is 14.9. The quantitative estimate of drug-likeness (QED) is 0.887. The summed E-state index contributed by atoms with van der Waals surface area (Å²) in [5.74, 6) is 0.486. The van der Waals surface area contributed by atoms with Crippen LogP contribution in [0.15, 0.2) is 24.3 Å². The van der Waals surface area contributed by atoms with E-state index in [-0.39, 0.29) is 5.92 Å². The summed E-state index contributed by atoms with van der Waals surface area (Å²) >= 11 is 0. The Morgan fingerprint density at radius 1 is 1.16 bits per heavy atom. The first-order chi connectivity index (χ1) is 11.9. The number of hydrogen-bond donors (Lipinski definition) is 2. The van der Waals surface area contributed by atoms with Crippen molar-refractivity contribution in [1.82, 2.24) is 9.97 Å². The van der Waals surface area contributed by atoms with Crippen molar-refractivity contribution in [2.45, 2.75) is 33.6 Å². The molecule has 2 N–H and O–H groups in total. The van der Waals surface area contributed by atoms with E-state index in [0.29, 0.717) is 31.9 Å². The molecule has 1 aromatic heterocycles. The fourth-order valence-electron chi connectivity index (χ4n) is 3.25. The van der Waals surface area contributed by atoms with Gasteiger partial charge < -0.3 is 15.3 Å². The maximum absolute atomic E-state index is 11.1. The van der Waals surface area contributed by atoms with Gasteiger partial charge in [-0.05, 0) is 44.7 Å². The number of nitrogens with zero attached hydrogens (tertiary/aromatic N) is 3. The van der Waals surface area contributed by atoms with Crippen molar-refractivity contribution in [3.05, 3.63) is 41.1 Å². The Morgan fingerprint density at radius 3 is 2.40 bits per heavy atom. The molecule has 1 fully saturated rings. The Hall–Kier alpha value is -2.63. The molecule has 0 unspecified atom stereocenters. The van der Waals surface area contributed by atoms with Gasteiger partial charge in [0, 0.05) is 30.5 Å². The van der Waals surface area contributed by atoms with E-state index in [1.807, 2.05) is 19.1 Å². The first-order valence-electron chi connectivity index (χ1n) is 8.60. The predicted molar refractivity (Wildman–Crippen MR) is 98.5 cm³/mol. The zero-order chi connectivity index (χ0) is 18.0. The molecule has 0 bridgehead atoms. The Kier molecular flexibility index (Phi) is 4.88. The van der Waals surface area contributed by atoms with Gasteiger partial charge in [0.2, 0.25) is 5.95 Å². The first kappa shape index (κ1) is 17.2. The average molecular weight is 340 g/mol. The van der Waals surface area contributed by atoms with Gasteiger partial charge in [-0.15, -0.1) is 0 Å². The molecule has 25 heavy (non-hydrogen) atoms. The number of aliphatic carboxylic acids is 1. The van der Waals surface area contributed by atoms with Crippen LogP contribution >= 0.6 is 0 Å². The molecule has 0 aliphatic carbocycles. The van der Waals surface area contributed by atoms with E-state index in [1.165, 1.54) is 0 Å². The fourth-order valence-corrected chi connectivity index (χ4v) is 3.25. The van der Waals surface area contributed by atoms with Crippen molar-refractivity contribution in [3.63, 3.8) is 0 Å². The third-order valence-electron chi connectivity index (χ3n) is 4.73. The first-order valence-corrected chi connectivity index (χ1v) is 8.60. The van der Waals surface area contributed by atoms with Gasteiger partial charge in [0.25, 0.3) is 0 Å². The normalized spacial score (nSPS) is 15.2. The minimum atomic E-state index is -0.698. The van der Waals surface area contributed by atoms with Crippen LogP contribution in [0.2, 0.25) is 0 Å². The lowest BCUT2D eigenvalue weighted by atomic mass is 9.97. The van der Waals surface area contributed by atoms with Gasteiger partial charge >= 0.3 is 5.97 Å². The van der Waals surface area contributed by atoms with Crippen LogP contribution in [0.5, 0.6) is 0 Å². The lowest BCUT2D eigenvalue weighted by molar-refractivity contribution is -0.142. The zero-order valence-electron chi connectivity index (χ0n) is 14.9. The van der Waals surface area contributed by atoms with E-state index in [9.17, 15) is 4.79 Å². The molecule has 0 amide bonds. The van der Waals surface area contributed by atoms with Crippen LogP contribution in [0.1, 0.15) is 29.7 Å². The standard InChI is InChI=1S/C19H24N4O2/c1-12-5-4-6-13(2)17(12)22-19-20-14(3)11-16(21-19)23-9-7-15(8-10-23)18(24)25/h4-6,11,15H,7-10H2,1-3H3,(H,24,25)(H,20,21,22). The number of carboxylic acids is 1. The monoisotopic (exact) mass is 340 g/mol. The minimum Gasteiger partial charge on any atom is -0.481 e. The summed E-state index contributed by atoms with van der Waals surface area (Å²) in [6.07, 6.45) is 1.30. The molecule has 0 spiro atoms. The van der Waals surface area contributed by atoms with E-state index in [1.54, 1.807) is 0 Å². The van der Waals surface area contributed by atoms with Crippen LogP contribution in [0.4, 0.5) is 17.5 Å². The van der Waals surface area contributed by atoms with Crippen LogP contribution in [0.25, 0.3) is 0 Å². The van der Waals surface area contributed by atoms with Gasteiger partial charge in [-0.2, -0.15) is 4.98 Å². The molecule has 6 heteroatoms. The van der Waals surface area contributed by atoms with E-state index in [4.69, 9.17) is 5.11 Å². The smallest absolute Gasteiger partial charge is 0.306 e. The lowest BCUT2D eigenvalue weighted by Crippen LogP contribution is -2.36. The second kappa shape index (κ2) is 7.09. The van der Waals surface area contributed by atoms with E-state index in [2.05, 4.69) is 46.2 Å².